The molecule has 1 aliphatic carbocycles. The van der Waals surface area contributed by atoms with Gasteiger partial charge in [0.25, 0.3) is 0 Å². The molecule has 0 aromatic heterocycles. The highest BCUT2D eigenvalue weighted by Crippen LogP contribution is 2.26. The van der Waals surface area contributed by atoms with Crippen molar-refractivity contribution >= 4 is 27.4 Å². The third kappa shape index (κ3) is 4.20. The second-order valence-corrected chi connectivity index (χ2v) is 8.98. The predicted octanol–water partition coefficient (Wildman–Crippen LogP) is 1.56. The van der Waals surface area contributed by atoms with Crippen LogP contribution >= 0.6 is 11.8 Å². The molecule has 0 spiro atoms. The van der Waals surface area contributed by atoms with Crippen molar-refractivity contribution in [3.63, 3.8) is 0 Å². The summed E-state index contributed by atoms with van der Waals surface area (Å²) in [4.78, 5) is 14.2. The van der Waals surface area contributed by atoms with Crippen LogP contribution in [0.25, 0.3) is 0 Å². The van der Waals surface area contributed by atoms with E-state index in [4.69, 9.17) is 0 Å². The van der Waals surface area contributed by atoms with E-state index in [0.717, 1.165) is 31.4 Å². The van der Waals surface area contributed by atoms with E-state index in [1.807, 2.05) is 4.90 Å². The molecule has 1 heterocycles. The van der Waals surface area contributed by atoms with Crippen LogP contribution in [-0.4, -0.2) is 55.3 Å². The van der Waals surface area contributed by atoms with Gasteiger partial charge in [0.15, 0.2) is 9.84 Å². The maximum absolute atomic E-state index is 12.3. The maximum Gasteiger partial charge on any atom is 0.164 e. The minimum Gasteiger partial charge on any atom is -0.298 e. The van der Waals surface area contributed by atoms with Gasteiger partial charge in [-0.05, 0) is 12.8 Å². The Morgan fingerprint density at radius 3 is 2.58 bits per heavy atom. The topological polar surface area (TPSA) is 54.5 Å². The Hall–Kier alpha value is -0.0700. The van der Waals surface area contributed by atoms with Crippen molar-refractivity contribution in [3.05, 3.63) is 0 Å². The lowest BCUT2D eigenvalue weighted by atomic mass is 9.86. The molecule has 1 saturated heterocycles. The third-order valence-electron chi connectivity index (χ3n) is 4.10. The number of rotatable bonds is 4. The first-order chi connectivity index (χ1) is 8.98. The van der Waals surface area contributed by atoms with Gasteiger partial charge >= 0.3 is 0 Å². The number of carbonyl (C=O) groups excluding carboxylic acids is 1. The van der Waals surface area contributed by atoms with Gasteiger partial charge in [0.1, 0.15) is 11.2 Å². The summed E-state index contributed by atoms with van der Waals surface area (Å²) in [5, 5.41) is -0.473. The van der Waals surface area contributed by atoms with Gasteiger partial charge in [0.2, 0.25) is 0 Å². The van der Waals surface area contributed by atoms with Crippen LogP contribution < -0.4 is 0 Å². The highest BCUT2D eigenvalue weighted by Gasteiger charge is 2.33. The molecule has 1 unspecified atom stereocenters. The molecule has 4 nitrogen and oxygen atoms in total. The van der Waals surface area contributed by atoms with Crippen LogP contribution in [0, 0.1) is 5.92 Å². The summed E-state index contributed by atoms with van der Waals surface area (Å²) >= 11 is 1.66. The number of sulfone groups is 1. The Morgan fingerprint density at radius 1 is 1.26 bits per heavy atom. The quantitative estimate of drug-likeness (QED) is 0.789. The molecule has 2 rings (SSSR count). The van der Waals surface area contributed by atoms with Crippen molar-refractivity contribution < 1.29 is 13.2 Å². The van der Waals surface area contributed by atoms with Gasteiger partial charge in [-0.15, -0.1) is 0 Å². The zero-order chi connectivity index (χ0) is 13.9. The normalized spacial score (nSPS) is 27.3. The van der Waals surface area contributed by atoms with E-state index in [-0.39, 0.29) is 11.7 Å². The Bertz CT molecular complexity index is 416. The van der Waals surface area contributed by atoms with Crippen molar-refractivity contribution in [1.82, 2.24) is 4.90 Å². The smallest absolute Gasteiger partial charge is 0.164 e. The van der Waals surface area contributed by atoms with Crippen molar-refractivity contribution in [3.8, 4) is 0 Å². The van der Waals surface area contributed by atoms with Gasteiger partial charge < -0.3 is 0 Å². The van der Waals surface area contributed by atoms with Crippen LogP contribution in [0.1, 0.15) is 32.1 Å². The largest absolute Gasteiger partial charge is 0.298 e. The molecule has 6 heteroatoms. The minimum absolute atomic E-state index is 0.170. The summed E-state index contributed by atoms with van der Waals surface area (Å²) in [6.45, 7) is 1.03. The first-order valence-electron chi connectivity index (χ1n) is 7.02. The number of hydrogen-bond donors (Lipinski definition) is 0. The monoisotopic (exact) mass is 305 g/mol. The Balaban J connectivity index is 1.97. The lowest BCUT2D eigenvalue weighted by Gasteiger charge is -2.34. The van der Waals surface area contributed by atoms with E-state index >= 15 is 0 Å². The van der Waals surface area contributed by atoms with Crippen LogP contribution in [0.5, 0.6) is 0 Å². The van der Waals surface area contributed by atoms with Gasteiger partial charge in [0.05, 0.1) is 6.54 Å². The average molecular weight is 305 g/mol. The highest BCUT2D eigenvalue weighted by atomic mass is 32.2. The molecule has 0 aromatic carbocycles. The molecule has 19 heavy (non-hydrogen) atoms. The van der Waals surface area contributed by atoms with Crippen LogP contribution in [0.15, 0.2) is 0 Å². The molecule has 1 atom stereocenters. The van der Waals surface area contributed by atoms with Crippen molar-refractivity contribution in [2.75, 3.05) is 30.9 Å². The molecule has 2 fully saturated rings. The molecule has 0 aromatic rings. The molecule has 2 aliphatic rings. The molecule has 0 bridgehead atoms. The fraction of sp³-hybridized carbons (Fsp3) is 0.923. The fourth-order valence-electron chi connectivity index (χ4n) is 2.94. The summed E-state index contributed by atoms with van der Waals surface area (Å²) in [6.07, 6.45) is 6.77. The number of thioether (sulfide) groups is 1. The lowest BCUT2D eigenvalue weighted by molar-refractivity contribution is -0.125. The van der Waals surface area contributed by atoms with Gasteiger partial charge in [-0.2, -0.15) is 11.8 Å². The predicted molar refractivity (Wildman–Crippen MR) is 79.1 cm³/mol. The molecule has 110 valence electrons. The summed E-state index contributed by atoms with van der Waals surface area (Å²) in [7, 11) is -3.10. The molecular formula is C13H23NO3S2. The summed E-state index contributed by atoms with van der Waals surface area (Å²) in [5.74, 6) is 1.93. The van der Waals surface area contributed by atoms with E-state index in [1.165, 1.54) is 12.7 Å². The zero-order valence-electron chi connectivity index (χ0n) is 11.5. The minimum atomic E-state index is -3.10. The Kier molecular flexibility index (Phi) is 5.31. The van der Waals surface area contributed by atoms with E-state index in [1.54, 1.807) is 11.8 Å². The van der Waals surface area contributed by atoms with E-state index in [2.05, 4.69) is 0 Å². The lowest BCUT2D eigenvalue weighted by Crippen LogP contribution is -2.49. The average Bonchev–Trinajstić information content (AvgIpc) is 2.39. The van der Waals surface area contributed by atoms with E-state index < -0.39 is 15.2 Å². The van der Waals surface area contributed by atoms with E-state index in [0.29, 0.717) is 18.8 Å². The first-order valence-corrected chi connectivity index (χ1v) is 10.1. The molecular weight excluding hydrogens is 282 g/mol. The number of nitrogens with zero attached hydrogens (tertiary/aromatic N) is 1. The number of carbonyl (C=O) groups is 1. The molecule has 0 amide bonds. The zero-order valence-corrected chi connectivity index (χ0v) is 13.1. The van der Waals surface area contributed by atoms with Crippen molar-refractivity contribution in [1.29, 1.82) is 0 Å². The summed E-state index contributed by atoms with van der Waals surface area (Å²) in [5.41, 5.74) is 0. The van der Waals surface area contributed by atoms with Crippen molar-refractivity contribution in [2.45, 2.75) is 37.5 Å². The fourth-order valence-corrected chi connectivity index (χ4v) is 5.89. The second-order valence-electron chi connectivity index (χ2n) is 5.63. The van der Waals surface area contributed by atoms with Gasteiger partial charge in [-0.25, -0.2) is 8.42 Å². The van der Waals surface area contributed by atoms with Gasteiger partial charge in [-0.1, -0.05) is 19.3 Å². The van der Waals surface area contributed by atoms with Crippen LogP contribution in [-0.2, 0) is 14.6 Å². The molecule has 0 radical (unpaired) electrons. The van der Waals surface area contributed by atoms with Crippen LogP contribution in [0.2, 0.25) is 0 Å². The Morgan fingerprint density at radius 2 is 1.95 bits per heavy atom. The third-order valence-corrected chi connectivity index (χ3v) is 6.79. The summed E-state index contributed by atoms with van der Waals surface area (Å²) < 4.78 is 23.6. The van der Waals surface area contributed by atoms with Crippen LogP contribution in [0.3, 0.4) is 0 Å². The Labute approximate surface area is 120 Å². The SMILES string of the molecule is CS(=O)(=O)C1CSCCN1CC(=O)C1CCCCC1. The second kappa shape index (κ2) is 6.59. The number of hydrogen-bond acceptors (Lipinski definition) is 5. The molecule has 1 saturated carbocycles. The van der Waals surface area contributed by atoms with E-state index in [9.17, 15) is 13.2 Å². The maximum atomic E-state index is 12.3. The summed E-state index contributed by atoms with van der Waals surface area (Å²) in [6, 6.07) is 0. The van der Waals surface area contributed by atoms with Crippen LogP contribution in [0.4, 0.5) is 0 Å². The number of ketones is 1. The van der Waals surface area contributed by atoms with Gasteiger partial charge in [-0.3, -0.25) is 9.69 Å². The first kappa shape index (κ1) is 15.3. The standard InChI is InChI=1S/C13H23NO3S2/c1-19(16,17)13-10-18-8-7-14(13)9-12(15)11-5-3-2-4-6-11/h11,13H,2-10H2,1H3. The van der Waals surface area contributed by atoms with Crippen molar-refractivity contribution in [2.24, 2.45) is 5.92 Å². The highest BCUT2D eigenvalue weighted by molar-refractivity contribution is 8.00. The van der Waals surface area contributed by atoms with Gasteiger partial charge in [0, 0.05) is 30.2 Å². The molecule has 1 aliphatic heterocycles. The molecule has 0 N–H and O–H groups in total. The number of Topliss-reactive ketones (excluding diaryl/α,β-unsaturated/α-hetero) is 1.